The summed E-state index contributed by atoms with van der Waals surface area (Å²) in [4.78, 5) is 10.4. The minimum absolute atomic E-state index is 0.177. The van der Waals surface area contributed by atoms with E-state index in [0.29, 0.717) is 10.0 Å². The first-order valence-corrected chi connectivity index (χ1v) is 4.80. The zero-order chi connectivity index (χ0) is 10.7. The van der Waals surface area contributed by atoms with Crippen LogP contribution in [0.3, 0.4) is 0 Å². The maximum Gasteiger partial charge on any atom is 0.409 e. The van der Waals surface area contributed by atoms with Gasteiger partial charge in [0.1, 0.15) is 0 Å². The van der Waals surface area contributed by atoms with Crippen molar-refractivity contribution in [2.75, 3.05) is 5.32 Å². The highest BCUT2D eigenvalue weighted by Crippen LogP contribution is 2.31. The second-order valence-electron chi connectivity index (χ2n) is 2.53. The van der Waals surface area contributed by atoms with E-state index in [1.54, 1.807) is 6.07 Å². The predicted molar refractivity (Wildman–Crippen MR) is 56.7 cm³/mol. The summed E-state index contributed by atoms with van der Waals surface area (Å²) in [6.45, 7) is -0.177. The van der Waals surface area contributed by atoms with Gasteiger partial charge in [0, 0.05) is 4.47 Å². The van der Waals surface area contributed by atoms with Gasteiger partial charge in [-0.15, -0.1) is 0 Å². The Kier molecular flexibility index (Phi) is 3.74. The topological polar surface area (TPSA) is 69.6 Å². The molecule has 76 valence electrons. The van der Waals surface area contributed by atoms with Crippen molar-refractivity contribution in [2.45, 2.75) is 6.61 Å². The molecule has 0 unspecified atom stereocenters. The van der Waals surface area contributed by atoms with Crippen molar-refractivity contribution in [3.8, 4) is 0 Å². The lowest BCUT2D eigenvalue weighted by atomic mass is 10.2. The molecule has 0 fully saturated rings. The number of nitrogens with one attached hydrogen (secondary N) is 1. The number of aliphatic hydroxyl groups excluding tert-OH is 1. The molecule has 1 amide bonds. The fourth-order valence-corrected chi connectivity index (χ4v) is 1.61. The number of amides is 1. The molecule has 0 saturated carbocycles. The normalized spacial score (nSPS) is 9.93. The Morgan fingerprint density at radius 2 is 2.21 bits per heavy atom. The first kappa shape index (κ1) is 11.3. The van der Waals surface area contributed by atoms with E-state index in [1.807, 2.05) is 0 Å². The third-order valence-corrected chi connectivity index (χ3v) is 2.77. The molecule has 0 bridgehead atoms. The highest BCUT2D eigenvalue weighted by atomic mass is 79.9. The van der Waals surface area contributed by atoms with Crippen LogP contribution in [-0.2, 0) is 6.61 Å². The van der Waals surface area contributed by atoms with E-state index in [0.717, 1.165) is 0 Å². The van der Waals surface area contributed by atoms with E-state index in [2.05, 4.69) is 21.2 Å². The van der Waals surface area contributed by atoms with Crippen LogP contribution in [0.15, 0.2) is 16.6 Å². The molecular weight excluding hydrogens is 273 g/mol. The molecule has 3 N–H and O–H groups in total. The third kappa shape index (κ3) is 2.60. The van der Waals surface area contributed by atoms with Crippen molar-refractivity contribution in [1.82, 2.24) is 0 Å². The molecule has 0 atom stereocenters. The monoisotopic (exact) mass is 279 g/mol. The summed E-state index contributed by atoms with van der Waals surface area (Å²) in [5.74, 6) is 0. The molecule has 1 aromatic carbocycles. The van der Waals surface area contributed by atoms with Crippen LogP contribution in [0.1, 0.15) is 5.56 Å². The lowest BCUT2D eigenvalue weighted by molar-refractivity contribution is 0.209. The Balaban J connectivity index is 3.13. The van der Waals surface area contributed by atoms with E-state index in [4.69, 9.17) is 21.8 Å². The second kappa shape index (κ2) is 4.63. The summed E-state index contributed by atoms with van der Waals surface area (Å²) in [5, 5.41) is 19.8. The molecule has 0 aliphatic rings. The van der Waals surface area contributed by atoms with Gasteiger partial charge in [0.25, 0.3) is 0 Å². The largest absolute Gasteiger partial charge is 0.465 e. The summed E-state index contributed by atoms with van der Waals surface area (Å²) < 4.78 is 0.537. The van der Waals surface area contributed by atoms with Gasteiger partial charge in [0.05, 0.1) is 17.3 Å². The summed E-state index contributed by atoms with van der Waals surface area (Å²) in [6, 6.07) is 3.09. The zero-order valence-corrected chi connectivity index (χ0v) is 9.26. The number of benzene rings is 1. The molecule has 6 heteroatoms. The summed E-state index contributed by atoms with van der Waals surface area (Å²) in [6.07, 6.45) is -1.20. The molecule has 0 heterocycles. The Hall–Kier alpha value is -0.780. The zero-order valence-electron chi connectivity index (χ0n) is 6.92. The smallest absolute Gasteiger partial charge is 0.409 e. The standard InChI is InChI=1S/C8H7BrClNO3/c9-5-1-4(3-12)2-6(7(5)10)11-8(13)14/h1-2,11-12H,3H2,(H,13,14). The Labute approximate surface area is 93.6 Å². The molecule has 1 aromatic rings. The number of carboxylic acid groups (broad SMARTS) is 1. The maximum atomic E-state index is 10.4. The van der Waals surface area contributed by atoms with Crippen LogP contribution >= 0.6 is 27.5 Å². The molecule has 0 saturated heterocycles. The summed E-state index contributed by atoms with van der Waals surface area (Å²) in [5.41, 5.74) is 0.822. The minimum Gasteiger partial charge on any atom is -0.465 e. The van der Waals surface area contributed by atoms with Crippen LogP contribution in [0, 0.1) is 0 Å². The van der Waals surface area contributed by atoms with E-state index < -0.39 is 6.09 Å². The van der Waals surface area contributed by atoms with Crippen LogP contribution < -0.4 is 5.32 Å². The molecule has 0 radical (unpaired) electrons. The fourth-order valence-electron chi connectivity index (χ4n) is 0.943. The first-order chi connectivity index (χ1) is 6.54. The molecule has 0 spiro atoms. The van der Waals surface area contributed by atoms with Gasteiger partial charge in [-0.25, -0.2) is 4.79 Å². The van der Waals surface area contributed by atoms with Crippen LogP contribution in [-0.4, -0.2) is 16.3 Å². The summed E-state index contributed by atoms with van der Waals surface area (Å²) >= 11 is 8.96. The second-order valence-corrected chi connectivity index (χ2v) is 3.76. The Bertz CT molecular complexity index is 370. The van der Waals surface area contributed by atoms with Gasteiger partial charge >= 0.3 is 6.09 Å². The molecule has 14 heavy (non-hydrogen) atoms. The minimum atomic E-state index is -1.20. The highest BCUT2D eigenvalue weighted by Gasteiger charge is 2.08. The van der Waals surface area contributed by atoms with Crippen molar-refractivity contribution >= 4 is 39.3 Å². The predicted octanol–water partition coefficient (Wildman–Crippen LogP) is 2.68. The van der Waals surface area contributed by atoms with Crippen LogP contribution in [0.25, 0.3) is 0 Å². The average molecular weight is 281 g/mol. The van der Waals surface area contributed by atoms with E-state index >= 15 is 0 Å². The van der Waals surface area contributed by atoms with Gasteiger partial charge in [-0.1, -0.05) is 11.6 Å². The Morgan fingerprint density at radius 1 is 1.57 bits per heavy atom. The van der Waals surface area contributed by atoms with E-state index in [9.17, 15) is 4.79 Å². The Morgan fingerprint density at radius 3 is 2.71 bits per heavy atom. The number of anilines is 1. The number of hydrogen-bond donors (Lipinski definition) is 3. The van der Waals surface area contributed by atoms with Gasteiger partial charge in [-0.3, -0.25) is 5.32 Å². The summed E-state index contributed by atoms with van der Waals surface area (Å²) in [7, 11) is 0. The van der Waals surface area contributed by atoms with Crippen molar-refractivity contribution in [3.63, 3.8) is 0 Å². The van der Waals surface area contributed by atoms with Gasteiger partial charge < -0.3 is 10.2 Å². The number of rotatable bonds is 2. The van der Waals surface area contributed by atoms with Crippen molar-refractivity contribution < 1.29 is 15.0 Å². The number of hydrogen-bond acceptors (Lipinski definition) is 2. The third-order valence-electron chi connectivity index (χ3n) is 1.51. The maximum absolute atomic E-state index is 10.4. The SMILES string of the molecule is O=C(O)Nc1cc(CO)cc(Br)c1Cl. The highest BCUT2D eigenvalue weighted by molar-refractivity contribution is 9.10. The van der Waals surface area contributed by atoms with Crippen LogP contribution in [0.5, 0.6) is 0 Å². The quantitative estimate of drug-likeness (QED) is 0.780. The van der Waals surface area contributed by atoms with Gasteiger partial charge in [-0.05, 0) is 33.6 Å². The fraction of sp³-hybridized carbons (Fsp3) is 0.125. The molecule has 4 nitrogen and oxygen atoms in total. The van der Waals surface area contributed by atoms with Gasteiger partial charge in [0.2, 0.25) is 0 Å². The molecule has 0 aliphatic carbocycles. The molecule has 0 aromatic heterocycles. The van der Waals surface area contributed by atoms with Crippen LogP contribution in [0.4, 0.5) is 10.5 Å². The molecular formula is C8H7BrClNO3. The number of carbonyl (C=O) groups is 1. The molecule has 1 rings (SSSR count). The van der Waals surface area contributed by atoms with Crippen molar-refractivity contribution in [3.05, 3.63) is 27.2 Å². The van der Waals surface area contributed by atoms with Gasteiger partial charge in [0.15, 0.2) is 0 Å². The average Bonchev–Trinajstić information content (AvgIpc) is 2.11. The number of aliphatic hydroxyl groups is 1. The van der Waals surface area contributed by atoms with Crippen LogP contribution in [0.2, 0.25) is 5.02 Å². The molecule has 0 aliphatic heterocycles. The van der Waals surface area contributed by atoms with Crippen molar-refractivity contribution in [1.29, 1.82) is 0 Å². The van der Waals surface area contributed by atoms with Gasteiger partial charge in [-0.2, -0.15) is 0 Å². The number of halogens is 2. The van der Waals surface area contributed by atoms with E-state index in [1.165, 1.54) is 6.07 Å². The van der Waals surface area contributed by atoms with Crippen molar-refractivity contribution in [2.24, 2.45) is 0 Å². The lowest BCUT2D eigenvalue weighted by Crippen LogP contribution is -2.08. The lowest BCUT2D eigenvalue weighted by Gasteiger charge is -2.07. The van der Waals surface area contributed by atoms with E-state index in [-0.39, 0.29) is 17.3 Å². The first-order valence-electron chi connectivity index (χ1n) is 3.63.